The van der Waals surface area contributed by atoms with Gasteiger partial charge in [-0.05, 0) is 63.2 Å². The van der Waals surface area contributed by atoms with Gasteiger partial charge in [0.1, 0.15) is 5.60 Å². The number of rotatable bonds is 1. The Balaban J connectivity index is 1.75. The third-order valence-electron chi connectivity index (χ3n) is 8.29. The molecule has 5 rings (SSSR count). The van der Waals surface area contributed by atoms with Crippen LogP contribution in [0.5, 0.6) is 0 Å². The normalized spacial score (nSPS) is 56.2. The second kappa shape index (κ2) is 3.84. The minimum absolute atomic E-state index is 0.139. The predicted molar refractivity (Wildman–Crippen MR) is 82.4 cm³/mol. The first kappa shape index (κ1) is 14.1. The van der Waals surface area contributed by atoms with E-state index in [1.807, 2.05) is 6.92 Å². The molecular formula is C19H24O4. The molecule has 0 aromatic rings. The highest BCUT2D eigenvalue weighted by atomic mass is 16.6. The second-order valence-corrected chi connectivity index (χ2v) is 9.01. The Morgan fingerprint density at radius 1 is 1.35 bits per heavy atom. The number of carbonyl (C=O) groups is 2. The molecule has 1 heterocycles. The van der Waals surface area contributed by atoms with Gasteiger partial charge in [0.25, 0.3) is 0 Å². The number of allylic oxidation sites excluding steroid dienone is 1. The van der Waals surface area contributed by atoms with Crippen LogP contribution in [0.2, 0.25) is 0 Å². The third kappa shape index (κ3) is 1.29. The molecule has 124 valence electrons. The maximum absolute atomic E-state index is 12.7. The second-order valence-electron chi connectivity index (χ2n) is 9.01. The first-order valence-electron chi connectivity index (χ1n) is 8.99. The minimum Gasteiger partial charge on any atom is -0.481 e. The average molecular weight is 316 g/mol. The Morgan fingerprint density at radius 3 is 2.87 bits per heavy atom. The number of carboxylic acids is 1. The molecule has 4 bridgehead atoms. The van der Waals surface area contributed by atoms with Gasteiger partial charge in [-0.3, -0.25) is 9.59 Å². The zero-order valence-electron chi connectivity index (χ0n) is 13.6. The summed E-state index contributed by atoms with van der Waals surface area (Å²) in [6.07, 6.45) is 6.45. The molecule has 1 N–H and O–H groups in total. The van der Waals surface area contributed by atoms with Gasteiger partial charge in [0.15, 0.2) is 0 Å². The fourth-order valence-electron chi connectivity index (χ4n) is 7.70. The first-order chi connectivity index (χ1) is 10.9. The molecule has 0 amide bonds. The SMILES string of the molecule is C=C1C[C@]23C[C@H]1CC[C@H]2[C@@]12CCC[C@](C)(C(=O)O1)C2C3C(=O)O. The summed E-state index contributed by atoms with van der Waals surface area (Å²) in [5.74, 6) is -0.771. The lowest BCUT2D eigenvalue weighted by Gasteiger charge is -2.43. The molecule has 4 heteroatoms. The molecule has 4 saturated carbocycles. The van der Waals surface area contributed by atoms with Crippen molar-refractivity contribution < 1.29 is 19.4 Å². The summed E-state index contributed by atoms with van der Waals surface area (Å²) in [5, 5.41) is 10.2. The molecule has 5 fully saturated rings. The van der Waals surface area contributed by atoms with Gasteiger partial charge in [-0.2, -0.15) is 0 Å². The molecule has 0 aromatic carbocycles. The van der Waals surface area contributed by atoms with Gasteiger partial charge in [-0.1, -0.05) is 12.2 Å². The summed E-state index contributed by atoms with van der Waals surface area (Å²) in [6.45, 7) is 6.22. The zero-order chi connectivity index (χ0) is 16.2. The van der Waals surface area contributed by atoms with Crippen molar-refractivity contribution in [1.82, 2.24) is 0 Å². The highest BCUT2D eigenvalue weighted by molar-refractivity contribution is 5.84. The molecule has 0 radical (unpaired) electrons. The lowest BCUT2D eigenvalue weighted by Crippen LogP contribution is -2.47. The Labute approximate surface area is 136 Å². The van der Waals surface area contributed by atoms with Crippen LogP contribution in [0.15, 0.2) is 12.2 Å². The largest absolute Gasteiger partial charge is 0.481 e. The smallest absolute Gasteiger partial charge is 0.312 e. The van der Waals surface area contributed by atoms with Crippen molar-refractivity contribution >= 4 is 11.9 Å². The maximum Gasteiger partial charge on any atom is 0.312 e. The number of ether oxygens (including phenoxy) is 1. The fraction of sp³-hybridized carbons (Fsp3) is 0.789. The number of esters is 1. The van der Waals surface area contributed by atoms with Crippen LogP contribution < -0.4 is 0 Å². The van der Waals surface area contributed by atoms with Crippen LogP contribution in [0.3, 0.4) is 0 Å². The first-order valence-corrected chi connectivity index (χ1v) is 8.99. The predicted octanol–water partition coefficient (Wildman–Crippen LogP) is 3.17. The molecule has 7 atom stereocenters. The third-order valence-corrected chi connectivity index (χ3v) is 8.29. The topological polar surface area (TPSA) is 63.6 Å². The number of carboxylic acid groups (broad SMARTS) is 1. The van der Waals surface area contributed by atoms with E-state index in [2.05, 4.69) is 6.58 Å². The van der Waals surface area contributed by atoms with Crippen LogP contribution in [0, 0.1) is 34.5 Å². The van der Waals surface area contributed by atoms with E-state index < -0.39 is 22.9 Å². The molecule has 4 aliphatic carbocycles. The van der Waals surface area contributed by atoms with Gasteiger partial charge in [0, 0.05) is 11.8 Å². The Morgan fingerprint density at radius 2 is 2.13 bits per heavy atom. The van der Waals surface area contributed by atoms with E-state index in [0.717, 1.165) is 44.9 Å². The van der Waals surface area contributed by atoms with E-state index in [0.29, 0.717) is 5.92 Å². The minimum atomic E-state index is -0.719. The Kier molecular flexibility index (Phi) is 2.35. The molecule has 1 spiro atoms. The molecule has 1 saturated heterocycles. The van der Waals surface area contributed by atoms with E-state index in [4.69, 9.17) is 4.74 Å². The maximum atomic E-state index is 12.7. The van der Waals surface area contributed by atoms with Gasteiger partial charge in [-0.15, -0.1) is 0 Å². The standard InChI is InChI=1S/C19H24O4/c1-10-8-18-9-11(10)4-5-12(18)19-7-3-6-17(2,16(22)23-19)14(19)13(18)15(20)21/h11-14H,1,3-9H2,2H3,(H,20,21)/t11-,12-,13?,14?,17+,18+,19-/m1/s1. The summed E-state index contributed by atoms with van der Waals surface area (Å²) in [7, 11) is 0. The van der Waals surface area contributed by atoms with Crippen molar-refractivity contribution in [1.29, 1.82) is 0 Å². The van der Waals surface area contributed by atoms with Gasteiger partial charge in [-0.25, -0.2) is 0 Å². The van der Waals surface area contributed by atoms with Crippen LogP contribution in [0.25, 0.3) is 0 Å². The molecule has 2 unspecified atom stereocenters. The van der Waals surface area contributed by atoms with Crippen LogP contribution in [-0.4, -0.2) is 22.6 Å². The van der Waals surface area contributed by atoms with Crippen LogP contribution in [0.4, 0.5) is 0 Å². The number of hydrogen-bond acceptors (Lipinski definition) is 3. The van der Waals surface area contributed by atoms with Gasteiger partial charge in [0.05, 0.1) is 11.3 Å². The zero-order valence-corrected chi connectivity index (χ0v) is 13.6. The summed E-state index contributed by atoms with van der Waals surface area (Å²) in [5.41, 5.74) is -0.0978. The lowest BCUT2D eigenvalue weighted by atomic mass is 9.60. The molecule has 23 heavy (non-hydrogen) atoms. The molecule has 5 aliphatic rings. The molecule has 4 nitrogen and oxygen atoms in total. The van der Waals surface area contributed by atoms with Crippen molar-refractivity contribution in [3.05, 3.63) is 12.2 Å². The number of aliphatic carboxylic acids is 1. The van der Waals surface area contributed by atoms with Crippen LogP contribution >= 0.6 is 0 Å². The summed E-state index contributed by atoms with van der Waals surface area (Å²) < 4.78 is 6.10. The van der Waals surface area contributed by atoms with E-state index in [1.165, 1.54) is 5.57 Å². The Bertz CT molecular complexity index is 654. The summed E-state index contributed by atoms with van der Waals surface area (Å²) in [6, 6.07) is 0. The molecular weight excluding hydrogens is 292 g/mol. The average Bonchev–Trinajstić information content (AvgIpc) is 2.92. The van der Waals surface area contributed by atoms with E-state index in [9.17, 15) is 14.7 Å². The number of fused-ring (bicyclic) bond motifs is 1. The Hall–Kier alpha value is -1.32. The molecule has 1 aliphatic heterocycles. The summed E-state index contributed by atoms with van der Waals surface area (Å²) >= 11 is 0. The van der Waals surface area contributed by atoms with Crippen molar-refractivity contribution in [3.8, 4) is 0 Å². The van der Waals surface area contributed by atoms with Crippen molar-refractivity contribution in [2.45, 2.75) is 57.5 Å². The molecule has 0 aromatic heterocycles. The quantitative estimate of drug-likeness (QED) is 0.596. The van der Waals surface area contributed by atoms with E-state index in [-0.39, 0.29) is 23.2 Å². The van der Waals surface area contributed by atoms with Gasteiger partial charge < -0.3 is 9.84 Å². The summed E-state index contributed by atoms with van der Waals surface area (Å²) in [4.78, 5) is 25.0. The van der Waals surface area contributed by atoms with Crippen LogP contribution in [-0.2, 0) is 14.3 Å². The number of carbonyl (C=O) groups excluding carboxylic acids is 1. The van der Waals surface area contributed by atoms with Gasteiger partial charge in [0.2, 0.25) is 0 Å². The fourth-order valence-corrected chi connectivity index (χ4v) is 7.70. The van der Waals surface area contributed by atoms with E-state index >= 15 is 0 Å². The monoisotopic (exact) mass is 316 g/mol. The number of hydrogen-bond donors (Lipinski definition) is 1. The highest BCUT2D eigenvalue weighted by Crippen LogP contribution is 2.77. The van der Waals surface area contributed by atoms with Gasteiger partial charge >= 0.3 is 11.9 Å². The van der Waals surface area contributed by atoms with Crippen LogP contribution in [0.1, 0.15) is 51.9 Å². The lowest BCUT2D eigenvalue weighted by molar-refractivity contribution is -0.160. The van der Waals surface area contributed by atoms with Crippen molar-refractivity contribution in [2.24, 2.45) is 34.5 Å². The highest BCUT2D eigenvalue weighted by Gasteiger charge is 2.81. The van der Waals surface area contributed by atoms with Crippen molar-refractivity contribution in [2.75, 3.05) is 0 Å². The van der Waals surface area contributed by atoms with Crippen molar-refractivity contribution in [3.63, 3.8) is 0 Å². The van der Waals surface area contributed by atoms with E-state index in [1.54, 1.807) is 0 Å².